The molecule has 1 fully saturated rings. The highest BCUT2D eigenvalue weighted by Gasteiger charge is 2.56. The highest BCUT2D eigenvalue weighted by atomic mass is 32.2. The first-order valence-electron chi connectivity index (χ1n) is 6.54. The summed E-state index contributed by atoms with van der Waals surface area (Å²) in [6.45, 7) is 1.90. The molecule has 0 aromatic heterocycles. The Labute approximate surface area is 125 Å². The lowest BCUT2D eigenvalue weighted by molar-refractivity contribution is -0.161. The Bertz CT molecular complexity index is 541. The molecule has 0 aromatic carbocycles. The van der Waals surface area contributed by atoms with Gasteiger partial charge in [-0.1, -0.05) is 5.11 Å². The first-order chi connectivity index (χ1) is 9.99. The van der Waals surface area contributed by atoms with Crippen molar-refractivity contribution in [1.29, 1.82) is 0 Å². The molecule has 2 heterocycles. The molecule has 3 atom stereocenters. The molecule has 0 spiro atoms. The molecule has 2 aliphatic rings. The van der Waals surface area contributed by atoms with Crippen molar-refractivity contribution in [1.82, 2.24) is 4.90 Å². The predicted molar refractivity (Wildman–Crippen MR) is 76.4 cm³/mol. The number of aliphatic carboxylic acids is 1. The number of carboxylic acid groups (broad SMARTS) is 1. The molecule has 0 saturated carbocycles. The van der Waals surface area contributed by atoms with Crippen LogP contribution in [0.4, 0.5) is 0 Å². The van der Waals surface area contributed by atoms with E-state index >= 15 is 0 Å². The van der Waals surface area contributed by atoms with Crippen LogP contribution in [0.15, 0.2) is 16.4 Å². The molecule has 8 nitrogen and oxygen atoms in total. The summed E-state index contributed by atoms with van der Waals surface area (Å²) in [7, 11) is 0. The number of hydrogen-bond donors (Lipinski definition) is 2. The Morgan fingerprint density at radius 1 is 1.67 bits per heavy atom. The van der Waals surface area contributed by atoms with Crippen LogP contribution in [0.1, 0.15) is 13.3 Å². The lowest BCUT2D eigenvalue weighted by Gasteiger charge is -2.44. The molecule has 1 amide bonds. The van der Waals surface area contributed by atoms with E-state index in [0.29, 0.717) is 30.0 Å². The maximum atomic E-state index is 12.0. The van der Waals surface area contributed by atoms with Gasteiger partial charge in [-0.25, -0.2) is 4.79 Å². The van der Waals surface area contributed by atoms with Gasteiger partial charge >= 0.3 is 5.97 Å². The van der Waals surface area contributed by atoms with E-state index in [1.165, 1.54) is 16.7 Å². The van der Waals surface area contributed by atoms with E-state index < -0.39 is 18.0 Å². The number of rotatable bonds is 7. The van der Waals surface area contributed by atoms with Gasteiger partial charge in [0.1, 0.15) is 5.70 Å². The molecule has 0 bridgehead atoms. The van der Waals surface area contributed by atoms with Crippen LogP contribution in [0, 0.1) is 5.92 Å². The van der Waals surface area contributed by atoms with Crippen LogP contribution >= 0.6 is 11.8 Å². The molecule has 0 radical (unpaired) electrons. The van der Waals surface area contributed by atoms with E-state index in [0.717, 1.165) is 0 Å². The first kappa shape index (κ1) is 15.7. The van der Waals surface area contributed by atoms with Crippen molar-refractivity contribution in [3.63, 3.8) is 0 Å². The van der Waals surface area contributed by atoms with E-state index in [9.17, 15) is 19.8 Å². The number of carboxylic acids is 1. The van der Waals surface area contributed by atoms with Gasteiger partial charge in [-0.05, 0) is 30.2 Å². The minimum absolute atomic E-state index is 0.0539. The Morgan fingerprint density at radius 2 is 2.38 bits per heavy atom. The minimum Gasteiger partial charge on any atom is -0.477 e. The van der Waals surface area contributed by atoms with Crippen molar-refractivity contribution in [2.24, 2.45) is 11.0 Å². The van der Waals surface area contributed by atoms with Crippen molar-refractivity contribution in [3.05, 3.63) is 21.7 Å². The SMILES string of the molecule is CC(O)C1C(=O)N2C(C(=O)O)=C(CSCCN=[N+]=[N-])CC12. The summed E-state index contributed by atoms with van der Waals surface area (Å²) in [5.41, 5.74) is 8.93. The Balaban J connectivity index is 2.04. The van der Waals surface area contributed by atoms with Gasteiger partial charge in [0.25, 0.3) is 0 Å². The second-order valence-electron chi connectivity index (χ2n) is 5.01. The van der Waals surface area contributed by atoms with Crippen molar-refractivity contribution in [2.75, 3.05) is 18.1 Å². The average Bonchev–Trinajstić information content (AvgIpc) is 2.72. The zero-order valence-corrected chi connectivity index (χ0v) is 12.3. The number of aliphatic hydroxyl groups is 1. The Morgan fingerprint density at radius 3 is 2.95 bits per heavy atom. The fraction of sp³-hybridized carbons (Fsp3) is 0.667. The summed E-state index contributed by atoms with van der Waals surface area (Å²) in [6.07, 6.45) is -0.289. The highest BCUT2D eigenvalue weighted by Crippen LogP contribution is 2.44. The van der Waals surface area contributed by atoms with Crippen LogP contribution in [0.25, 0.3) is 10.4 Å². The molecule has 1 saturated heterocycles. The standard InChI is InChI=1S/C12H16N4O4S/c1-6(17)9-8-4-7(5-21-3-2-14-15-13)10(12(19)20)16(8)11(9)18/h6,8-9,17H,2-5H2,1H3,(H,19,20). The summed E-state index contributed by atoms with van der Waals surface area (Å²) in [5, 5.41) is 22.3. The Hall–Kier alpha value is -1.70. The van der Waals surface area contributed by atoms with Crippen molar-refractivity contribution >= 4 is 23.6 Å². The van der Waals surface area contributed by atoms with Crippen LogP contribution < -0.4 is 0 Å². The van der Waals surface area contributed by atoms with Crippen LogP contribution in [-0.4, -0.2) is 57.2 Å². The third-order valence-corrected chi connectivity index (χ3v) is 4.72. The monoisotopic (exact) mass is 312 g/mol. The Kier molecular flexibility index (Phi) is 4.76. The lowest BCUT2D eigenvalue weighted by Crippen LogP contribution is -2.61. The number of carbonyl (C=O) groups excluding carboxylic acids is 1. The van der Waals surface area contributed by atoms with Gasteiger partial charge in [0, 0.05) is 17.2 Å². The molecule has 2 rings (SSSR count). The van der Waals surface area contributed by atoms with Gasteiger partial charge in [0.15, 0.2) is 0 Å². The number of β-lactam (4-membered cyclic amide) rings is 1. The maximum absolute atomic E-state index is 12.0. The number of hydrogen-bond acceptors (Lipinski definition) is 5. The summed E-state index contributed by atoms with van der Waals surface area (Å²) < 4.78 is 0. The van der Waals surface area contributed by atoms with Crippen LogP contribution in [0.5, 0.6) is 0 Å². The van der Waals surface area contributed by atoms with E-state index in [1.54, 1.807) is 6.92 Å². The van der Waals surface area contributed by atoms with Crippen molar-refractivity contribution < 1.29 is 19.8 Å². The summed E-state index contributed by atoms with van der Waals surface area (Å²) in [4.78, 5) is 27.3. The highest BCUT2D eigenvalue weighted by molar-refractivity contribution is 7.99. The average molecular weight is 312 g/mol. The molecule has 21 heavy (non-hydrogen) atoms. The molecule has 0 aromatic rings. The fourth-order valence-corrected chi connectivity index (χ4v) is 3.69. The first-order valence-corrected chi connectivity index (χ1v) is 7.69. The zero-order valence-electron chi connectivity index (χ0n) is 11.5. The topological polar surface area (TPSA) is 127 Å². The van der Waals surface area contributed by atoms with Crippen LogP contribution in [-0.2, 0) is 9.59 Å². The number of thioether (sulfide) groups is 1. The molecule has 2 aliphatic heterocycles. The van der Waals surface area contributed by atoms with Gasteiger partial charge in [-0.2, -0.15) is 11.8 Å². The molecule has 3 unspecified atom stereocenters. The summed E-state index contributed by atoms with van der Waals surface area (Å²) >= 11 is 1.47. The number of azide groups is 1. The summed E-state index contributed by atoms with van der Waals surface area (Å²) in [6, 6.07) is -0.240. The van der Waals surface area contributed by atoms with Gasteiger partial charge in [0.05, 0.1) is 18.1 Å². The molecular formula is C12H16N4O4S. The number of amides is 1. The van der Waals surface area contributed by atoms with Gasteiger partial charge in [-0.15, -0.1) is 0 Å². The largest absolute Gasteiger partial charge is 0.477 e. The minimum atomic E-state index is -1.11. The second kappa shape index (κ2) is 6.38. The van der Waals surface area contributed by atoms with Gasteiger partial charge in [0.2, 0.25) is 5.91 Å². The normalized spacial score (nSPS) is 25.2. The van der Waals surface area contributed by atoms with Gasteiger partial charge < -0.3 is 15.1 Å². The van der Waals surface area contributed by atoms with Crippen LogP contribution in [0.3, 0.4) is 0 Å². The molecular weight excluding hydrogens is 296 g/mol. The van der Waals surface area contributed by atoms with Crippen molar-refractivity contribution in [3.8, 4) is 0 Å². The molecule has 114 valence electrons. The van der Waals surface area contributed by atoms with Gasteiger partial charge in [-0.3, -0.25) is 4.79 Å². The predicted octanol–water partition coefficient (Wildman–Crippen LogP) is 0.980. The van der Waals surface area contributed by atoms with E-state index in [-0.39, 0.29) is 17.6 Å². The fourth-order valence-electron chi connectivity index (χ4n) is 2.84. The third kappa shape index (κ3) is 2.85. The lowest BCUT2D eigenvalue weighted by atomic mass is 9.83. The number of nitrogens with zero attached hydrogens (tertiary/aromatic N) is 4. The van der Waals surface area contributed by atoms with Crippen LogP contribution in [0.2, 0.25) is 0 Å². The van der Waals surface area contributed by atoms with E-state index in [1.807, 2.05) is 0 Å². The quantitative estimate of drug-likeness (QED) is 0.238. The maximum Gasteiger partial charge on any atom is 0.352 e. The zero-order chi connectivity index (χ0) is 15.6. The second-order valence-corrected chi connectivity index (χ2v) is 6.12. The van der Waals surface area contributed by atoms with E-state index in [4.69, 9.17) is 5.53 Å². The number of carbonyl (C=O) groups is 2. The molecule has 0 aliphatic carbocycles. The number of fused-ring (bicyclic) bond motifs is 1. The molecule has 2 N–H and O–H groups in total. The van der Waals surface area contributed by atoms with Crippen molar-refractivity contribution in [2.45, 2.75) is 25.5 Å². The number of aliphatic hydroxyl groups excluding tert-OH is 1. The summed E-state index contributed by atoms with van der Waals surface area (Å²) in [5.74, 6) is -0.860. The molecule has 9 heteroatoms. The van der Waals surface area contributed by atoms with E-state index in [2.05, 4.69) is 10.0 Å². The third-order valence-electron chi connectivity index (χ3n) is 3.70. The smallest absolute Gasteiger partial charge is 0.352 e.